The zero-order valence-corrected chi connectivity index (χ0v) is 9.69. The number of Topliss-reactive ketones (excluding diaryl/α,β-unsaturated/α-hetero) is 1. The lowest BCUT2D eigenvalue weighted by atomic mass is 9.68. The van der Waals surface area contributed by atoms with Gasteiger partial charge >= 0.3 is 5.97 Å². The van der Waals surface area contributed by atoms with Crippen molar-refractivity contribution in [2.24, 2.45) is 23.7 Å². The predicted octanol–water partition coefficient (Wildman–Crippen LogP) is 2.35. The Morgan fingerprint density at radius 2 is 1.87 bits per heavy atom. The minimum Gasteiger partial charge on any atom is -0.475 e. The molecule has 1 N–H and O–H groups in total. The van der Waals surface area contributed by atoms with E-state index in [2.05, 4.69) is 20.8 Å². The highest BCUT2D eigenvalue weighted by Gasteiger charge is 2.37. The lowest BCUT2D eigenvalue weighted by Gasteiger charge is -2.35. The molecule has 3 unspecified atom stereocenters. The molecule has 0 heterocycles. The average Bonchev–Trinajstić information content (AvgIpc) is 2.15. The van der Waals surface area contributed by atoms with Crippen LogP contribution in [-0.4, -0.2) is 16.9 Å². The Morgan fingerprint density at radius 1 is 1.27 bits per heavy atom. The van der Waals surface area contributed by atoms with E-state index in [9.17, 15) is 9.59 Å². The van der Waals surface area contributed by atoms with Gasteiger partial charge in [-0.15, -0.1) is 0 Å². The van der Waals surface area contributed by atoms with Gasteiger partial charge < -0.3 is 5.11 Å². The summed E-state index contributed by atoms with van der Waals surface area (Å²) in [5, 5.41) is 8.77. The highest BCUT2D eigenvalue weighted by Crippen LogP contribution is 2.38. The second-order valence-electron chi connectivity index (χ2n) is 5.10. The average molecular weight is 212 g/mol. The minimum absolute atomic E-state index is 0.254. The van der Waals surface area contributed by atoms with Crippen molar-refractivity contribution in [1.29, 1.82) is 0 Å². The molecule has 1 aliphatic carbocycles. The first-order valence-electron chi connectivity index (χ1n) is 5.70. The summed E-state index contributed by atoms with van der Waals surface area (Å²) in [5.74, 6) is -0.977. The first-order chi connectivity index (χ1) is 6.93. The second kappa shape index (κ2) is 4.77. The molecule has 0 aromatic heterocycles. The fourth-order valence-corrected chi connectivity index (χ4v) is 2.66. The van der Waals surface area contributed by atoms with Gasteiger partial charge in [-0.25, -0.2) is 4.79 Å². The highest BCUT2D eigenvalue weighted by molar-refractivity contribution is 6.33. The number of carboxylic acid groups (broad SMARTS) is 1. The van der Waals surface area contributed by atoms with Crippen LogP contribution in [0.5, 0.6) is 0 Å². The van der Waals surface area contributed by atoms with Crippen molar-refractivity contribution in [2.75, 3.05) is 0 Å². The standard InChI is InChI=1S/C12H20O3/c1-7(2)9-5-4-8(3)6-10(9)11(13)12(14)15/h7-10H,4-6H2,1-3H3,(H,14,15). The molecule has 0 saturated heterocycles. The Labute approximate surface area is 90.9 Å². The molecule has 3 heteroatoms. The van der Waals surface area contributed by atoms with Crippen molar-refractivity contribution >= 4 is 11.8 Å². The number of hydrogen-bond donors (Lipinski definition) is 1. The summed E-state index contributed by atoms with van der Waals surface area (Å²) < 4.78 is 0. The van der Waals surface area contributed by atoms with Crippen LogP contribution >= 0.6 is 0 Å². The maximum atomic E-state index is 11.6. The molecule has 0 spiro atoms. The van der Waals surface area contributed by atoms with Gasteiger partial charge in [-0.1, -0.05) is 27.2 Å². The van der Waals surface area contributed by atoms with Crippen LogP contribution in [0.3, 0.4) is 0 Å². The Bertz CT molecular complexity index is 258. The van der Waals surface area contributed by atoms with Gasteiger partial charge in [0.2, 0.25) is 5.78 Å². The third-order valence-corrected chi connectivity index (χ3v) is 3.57. The fourth-order valence-electron chi connectivity index (χ4n) is 2.66. The van der Waals surface area contributed by atoms with Crippen LogP contribution in [0.15, 0.2) is 0 Å². The van der Waals surface area contributed by atoms with Gasteiger partial charge in [0.25, 0.3) is 0 Å². The number of carbonyl (C=O) groups excluding carboxylic acids is 1. The first-order valence-corrected chi connectivity index (χ1v) is 5.70. The summed E-state index contributed by atoms with van der Waals surface area (Å²) in [6.07, 6.45) is 2.85. The number of ketones is 1. The first kappa shape index (κ1) is 12.2. The van der Waals surface area contributed by atoms with Gasteiger partial charge in [0.1, 0.15) is 0 Å². The molecular weight excluding hydrogens is 192 g/mol. The number of carboxylic acids is 1. The largest absolute Gasteiger partial charge is 0.475 e. The molecule has 1 aliphatic rings. The number of hydrogen-bond acceptors (Lipinski definition) is 2. The summed E-state index contributed by atoms with van der Waals surface area (Å²) in [6.45, 7) is 6.24. The molecule has 0 aliphatic heterocycles. The molecule has 1 fully saturated rings. The lowest BCUT2D eigenvalue weighted by Crippen LogP contribution is -2.36. The van der Waals surface area contributed by atoms with E-state index >= 15 is 0 Å². The van der Waals surface area contributed by atoms with Crippen molar-refractivity contribution < 1.29 is 14.7 Å². The Morgan fingerprint density at radius 3 is 2.33 bits per heavy atom. The van der Waals surface area contributed by atoms with E-state index < -0.39 is 11.8 Å². The maximum Gasteiger partial charge on any atom is 0.372 e. The normalized spacial score (nSPS) is 31.6. The summed E-state index contributed by atoms with van der Waals surface area (Å²) in [6, 6.07) is 0. The molecular formula is C12H20O3. The van der Waals surface area contributed by atoms with E-state index in [1.54, 1.807) is 0 Å². The molecule has 0 aromatic rings. The topological polar surface area (TPSA) is 54.4 Å². The summed E-state index contributed by atoms with van der Waals surface area (Å²) >= 11 is 0. The minimum atomic E-state index is -1.26. The van der Waals surface area contributed by atoms with Crippen LogP contribution in [0.4, 0.5) is 0 Å². The molecule has 0 aromatic carbocycles. The van der Waals surface area contributed by atoms with E-state index in [1.165, 1.54) is 0 Å². The van der Waals surface area contributed by atoms with Gasteiger partial charge in [0.05, 0.1) is 0 Å². The van der Waals surface area contributed by atoms with Crippen molar-refractivity contribution in [1.82, 2.24) is 0 Å². The Balaban J connectivity index is 2.79. The van der Waals surface area contributed by atoms with E-state index in [-0.39, 0.29) is 11.8 Å². The lowest BCUT2D eigenvalue weighted by molar-refractivity contribution is -0.153. The molecule has 1 saturated carbocycles. The van der Waals surface area contributed by atoms with E-state index in [0.29, 0.717) is 11.8 Å². The van der Waals surface area contributed by atoms with Gasteiger partial charge in [-0.3, -0.25) is 4.79 Å². The van der Waals surface area contributed by atoms with E-state index in [0.717, 1.165) is 19.3 Å². The van der Waals surface area contributed by atoms with Crippen LogP contribution in [0.2, 0.25) is 0 Å². The quantitative estimate of drug-likeness (QED) is 0.730. The molecule has 86 valence electrons. The van der Waals surface area contributed by atoms with E-state index in [1.807, 2.05) is 0 Å². The SMILES string of the molecule is CC1CCC(C(C)C)C(C(=O)C(=O)O)C1. The summed E-state index contributed by atoms with van der Waals surface area (Å²) in [5.41, 5.74) is 0. The monoisotopic (exact) mass is 212 g/mol. The second-order valence-corrected chi connectivity index (χ2v) is 5.10. The predicted molar refractivity (Wildman–Crippen MR) is 57.5 cm³/mol. The molecule has 3 nitrogen and oxygen atoms in total. The third-order valence-electron chi connectivity index (χ3n) is 3.57. The zero-order chi connectivity index (χ0) is 11.6. The van der Waals surface area contributed by atoms with E-state index in [4.69, 9.17) is 5.11 Å². The zero-order valence-electron chi connectivity index (χ0n) is 9.69. The van der Waals surface area contributed by atoms with Crippen molar-refractivity contribution in [3.63, 3.8) is 0 Å². The molecule has 15 heavy (non-hydrogen) atoms. The Kier molecular flexibility index (Phi) is 3.89. The number of carbonyl (C=O) groups is 2. The van der Waals surface area contributed by atoms with Crippen LogP contribution in [0, 0.1) is 23.7 Å². The van der Waals surface area contributed by atoms with Crippen LogP contribution in [0.1, 0.15) is 40.0 Å². The Hall–Kier alpha value is -0.860. The summed E-state index contributed by atoms with van der Waals surface area (Å²) in [4.78, 5) is 22.3. The molecule has 0 amide bonds. The fraction of sp³-hybridized carbons (Fsp3) is 0.833. The van der Waals surface area contributed by atoms with Crippen molar-refractivity contribution in [2.45, 2.75) is 40.0 Å². The third kappa shape index (κ3) is 2.80. The highest BCUT2D eigenvalue weighted by atomic mass is 16.4. The van der Waals surface area contributed by atoms with Crippen molar-refractivity contribution in [3.8, 4) is 0 Å². The molecule has 0 radical (unpaired) electrons. The van der Waals surface area contributed by atoms with Crippen LogP contribution in [-0.2, 0) is 9.59 Å². The number of rotatable bonds is 3. The molecule has 3 atom stereocenters. The van der Waals surface area contributed by atoms with Crippen LogP contribution in [0.25, 0.3) is 0 Å². The van der Waals surface area contributed by atoms with Crippen molar-refractivity contribution in [3.05, 3.63) is 0 Å². The van der Waals surface area contributed by atoms with Gasteiger partial charge in [0.15, 0.2) is 0 Å². The number of aliphatic carboxylic acids is 1. The van der Waals surface area contributed by atoms with Gasteiger partial charge in [-0.2, -0.15) is 0 Å². The van der Waals surface area contributed by atoms with Gasteiger partial charge in [-0.05, 0) is 30.6 Å². The molecule has 0 bridgehead atoms. The summed E-state index contributed by atoms with van der Waals surface area (Å²) in [7, 11) is 0. The van der Waals surface area contributed by atoms with Gasteiger partial charge in [0, 0.05) is 5.92 Å². The maximum absolute atomic E-state index is 11.6. The molecule has 1 rings (SSSR count). The van der Waals surface area contributed by atoms with Crippen LogP contribution < -0.4 is 0 Å². The smallest absolute Gasteiger partial charge is 0.372 e.